The molecule has 118 valence electrons. The highest BCUT2D eigenvalue weighted by molar-refractivity contribution is 8.06. The Balaban J connectivity index is 2.09. The van der Waals surface area contributed by atoms with Gasteiger partial charge in [-0.05, 0) is 31.2 Å². The fourth-order valence-corrected chi connectivity index (χ4v) is 6.35. The standard InChI is InChI=1S/C14H22N2O2S3/c1-11-12(8-15-2)4-3-5-14(11)21(17,18)16-9-13-10-19-6-7-20-13/h3-5,13,15-16H,6-10H2,1-2H3. The monoisotopic (exact) mass is 346 g/mol. The SMILES string of the molecule is CNCc1cccc(S(=O)(=O)NCC2CSCCS2)c1C. The molecular formula is C14H22N2O2S3. The highest BCUT2D eigenvalue weighted by atomic mass is 32.2. The second-order valence-corrected chi connectivity index (χ2v) is 9.28. The predicted octanol–water partition coefficient (Wildman–Crippen LogP) is 1.84. The van der Waals surface area contributed by atoms with E-state index >= 15 is 0 Å². The van der Waals surface area contributed by atoms with Gasteiger partial charge in [0.25, 0.3) is 0 Å². The smallest absolute Gasteiger partial charge is 0.240 e. The molecule has 1 aliphatic rings. The van der Waals surface area contributed by atoms with E-state index in [4.69, 9.17) is 0 Å². The molecule has 1 saturated heterocycles. The van der Waals surface area contributed by atoms with Crippen LogP contribution in [0.3, 0.4) is 0 Å². The van der Waals surface area contributed by atoms with Crippen molar-refractivity contribution in [2.75, 3.05) is 30.9 Å². The van der Waals surface area contributed by atoms with Crippen molar-refractivity contribution in [3.05, 3.63) is 29.3 Å². The fourth-order valence-electron chi connectivity index (χ4n) is 2.27. The van der Waals surface area contributed by atoms with Crippen molar-refractivity contribution < 1.29 is 8.42 Å². The van der Waals surface area contributed by atoms with Crippen molar-refractivity contribution in [3.63, 3.8) is 0 Å². The first-order valence-electron chi connectivity index (χ1n) is 6.96. The molecular weight excluding hydrogens is 324 g/mol. The van der Waals surface area contributed by atoms with Gasteiger partial charge in [0.2, 0.25) is 10.0 Å². The first kappa shape index (κ1) is 17.1. The largest absolute Gasteiger partial charge is 0.316 e. The first-order chi connectivity index (χ1) is 10.0. The van der Waals surface area contributed by atoms with Gasteiger partial charge in [0.05, 0.1) is 4.90 Å². The van der Waals surface area contributed by atoms with Crippen LogP contribution in [0.25, 0.3) is 0 Å². The van der Waals surface area contributed by atoms with Crippen molar-refractivity contribution in [3.8, 4) is 0 Å². The van der Waals surface area contributed by atoms with Gasteiger partial charge in [-0.2, -0.15) is 23.5 Å². The van der Waals surface area contributed by atoms with Crippen LogP contribution in [-0.4, -0.2) is 44.5 Å². The number of benzene rings is 1. The molecule has 7 heteroatoms. The molecule has 2 N–H and O–H groups in total. The van der Waals surface area contributed by atoms with E-state index in [1.54, 1.807) is 12.1 Å². The van der Waals surface area contributed by atoms with Crippen molar-refractivity contribution in [2.24, 2.45) is 0 Å². The summed E-state index contributed by atoms with van der Waals surface area (Å²) in [6.07, 6.45) is 0. The summed E-state index contributed by atoms with van der Waals surface area (Å²) in [5.41, 5.74) is 1.84. The Hall–Kier alpha value is -0.210. The molecule has 0 amide bonds. The summed E-state index contributed by atoms with van der Waals surface area (Å²) in [4.78, 5) is 0.392. The minimum atomic E-state index is -3.43. The Morgan fingerprint density at radius 3 is 2.81 bits per heavy atom. The van der Waals surface area contributed by atoms with Crippen LogP contribution in [0.5, 0.6) is 0 Å². The molecule has 1 atom stereocenters. The number of hydrogen-bond donors (Lipinski definition) is 2. The molecule has 4 nitrogen and oxygen atoms in total. The van der Waals surface area contributed by atoms with E-state index in [0.717, 1.165) is 22.6 Å². The molecule has 2 rings (SSSR count). The van der Waals surface area contributed by atoms with Crippen molar-refractivity contribution in [1.82, 2.24) is 10.0 Å². The highest BCUT2D eigenvalue weighted by Crippen LogP contribution is 2.24. The van der Waals surface area contributed by atoms with Crippen LogP contribution in [0, 0.1) is 6.92 Å². The van der Waals surface area contributed by atoms with Gasteiger partial charge in [0.1, 0.15) is 0 Å². The lowest BCUT2D eigenvalue weighted by atomic mass is 10.1. The average Bonchev–Trinajstić information content (AvgIpc) is 2.48. The van der Waals surface area contributed by atoms with Crippen LogP contribution >= 0.6 is 23.5 Å². The van der Waals surface area contributed by atoms with E-state index in [9.17, 15) is 8.42 Å². The Labute approximate surface area is 135 Å². The zero-order chi connectivity index (χ0) is 15.3. The number of nitrogens with one attached hydrogen (secondary N) is 2. The van der Waals surface area contributed by atoms with Crippen LogP contribution in [0.15, 0.2) is 23.1 Å². The molecule has 0 radical (unpaired) electrons. The van der Waals surface area contributed by atoms with Crippen molar-refractivity contribution in [1.29, 1.82) is 0 Å². The van der Waals surface area contributed by atoms with E-state index in [1.165, 1.54) is 5.75 Å². The van der Waals surface area contributed by atoms with Gasteiger partial charge in [-0.15, -0.1) is 0 Å². The van der Waals surface area contributed by atoms with Crippen molar-refractivity contribution >= 4 is 33.5 Å². The van der Waals surface area contributed by atoms with Crippen LogP contribution in [0.1, 0.15) is 11.1 Å². The number of hydrogen-bond acceptors (Lipinski definition) is 5. The molecule has 0 aromatic heterocycles. The molecule has 0 spiro atoms. The van der Waals surface area contributed by atoms with Crippen LogP contribution in [0.2, 0.25) is 0 Å². The lowest BCUT2D eigenvalue weighted by molar-refractivity contribution is 0.580. The van der Waals surface area contributed by atoms with Gasteiger partial charge in [-0.1, -0.05) is 12.1 Å². The Bertz CT molecular complexity index is 570. The third-order valence-corrected chi connectivity index (χ3v) is 7.85. The zero-order valence-electron chi connectivity index (χ0n) is 12.4. The quantitative estimate of drug-likeness (QED) is 0.823. The predicted molar refractivity (Wildman–Crippen MR) is 92.7 cm³/mol. The molecule has 0 saturated carbocycles. The Morgan fingerprint density at radius 2 is 2.14 bits per heavy atom. The number of sulfonamides is 1. The van der Waals surface area contributed by atoms with Gasteiger partial charge in [-0.25, -0.2) is 13.1 Å². The molecule has 0 bridgehead atoms. The molecule has 1 aromatic rings. The van der Waals surface area contributed by atoms with Crippen molar-refractivity contribution in [2.45, 2.75) is 23.6 Å². The number of thioether (sulfide) groups is 2. The van der Waals surface area contributed by atoms with E-state index in [2.05, 4.69) is 10.0 Å². The molecule has 1 fully saturated rings. The summed E-state index contributed by atoms with van der Waals surface area (Å²) in [6, 6.07) is 5.44. The van der Waals surface area contributed by atoms with Gasteiger partial charge >= 0.3 is 0 Å². The maximum atomic E-state index is 12.5. The molecule has 0 aliphatic carbocycles. The minimum absolute atomic E-state index is 0.374. The second kappa shape index (κ2) is 7.87. The third-order valence-electron chi connectivity index (χ3n) is 3.44. The van der Waals surface area contributed by atoms with E-state index in [1.807, 2.05) is 43.6 Å². The Morgan fingerprint density at radius 1 is 1.33 bits per heavy atom. The summed E-state index contributed by atoms with van der Waals surface area (Å²) in [7, 11) is -1.57. The lowest BCUT2D eigenvalue weighted by Gasteiger charge is -2.21. The molecule has 1 aliphatic heterocycles. The second-order valence-electron chi connectivity index (χ2n) is 4.99. The minimum Gasteiger partial charge on any atom is -0.316 e. The fraction of sp³-hybridized carbons (Fsp3) is 0.571. The highest BCUT2D eigenvalue weighted by Gasteiger charge is 2.21. The summed E-state index contributed by atoms with van der Waals surface area (Å²) in [5, 5.41) is 3.44. The maximum Gasteiger partial charge on any atom is 0.240 e. The topological polar surface area (TPSA) is 58.2 Å². The summed E-state index contributed by atoms with van der Waals surface area (Å²) in [6.45, 7) is 3.05. The Kier molecular flexibility index (Phi) is 6.43. The zero-order valence-corrected chi connectivity index (χ0v) is 14.8. The van der Waals surface area contributed by atoms with Crippen LogP contribution in [0.4, 0.5) is 0 Å². The third kappa shape index (κ3) is 4.63. The summed E-state index contributed by atoms with van der Waals surface area (Å²) < 4.78 is 27.8. The lowest BCUT2D eigenvalue weighted by Crippen LogP contribution is -2.33. The molecule has 1 heterocycles. The first-order valence-corrected chi connectivity index (χ1v) is 10.7. The van der Waals surface area contributed by atoms with E-state index in [-0.39, 0.29) is 0 Å². The summed E-state index contributed by atoms with van der Waals surface area (Å²) in [5.74, 6) is 3.29. The summed E-state index contributed by atoms with van der Waals surface area (Å²) >= 11 is 3.75. The molecule has 21 heavy (non-hydrogen) atoms. The number of rotatable bonds is 6. The molecule has 1 unspecified atom stereocenters. The normalized spacial score (nSPS) is 19.6. The van der Waals surface area contributed by atoms with Gasteiger partial charge in [0.15, 0.2) is 0 Å². The molecule has 1 aromatic carbocycles. The van der Waals surface area contributed by atoms with Crippen LogP contribution in [-0.2, 0) is 16.6 Å². The van der Waals surface area contributed by atoms with Crippen LogP contribution < -0.4 is 10.0 Å². The van der Waals surface area contributed by atoms with Gasteiger partial charge in [-0.3, -0.25) is 0 Å². The van der Waals surface area contributed by atoms with Gasteiger partial charge < -0.3 is 5.32 Å². The maximum absolute atomic E-state index is 12.5. The van der Waals surface area contributed by atoms with E-state index < -0.39 is 10.0 Å². The average molecular weight is 347 g/mol. The van der Waals surface area contributed by atoms with E-state index in [0.29, 0.717) is 23.2 Å². The van der Waals surface area contributed by atoms with Gasteiger partial charge in [0, 0.05) is 35.6 Å².